The molecule has 3 aliphatic carbocycles. The van der Waals surface area contributed by atoms with E-state index in [1.807, 2.05) is 5.47 Å². The van der Waals surface area contributed by atoms with E-state index in [1.54, 1.807) is 94.3 Å². The van der Waals surface area contributed by atoms with E-state index in [0.717, 1.165) is 0 Å². The minimum Gasteiger partial charge on any atom is -0.341 e. The SMILES string of the molecule is CC(C)(C)C1=CC2C3B4c5c6c7c8c(c5C3=C1)c1cc(C(C)(C)C)cc3c5cc9c%10cc(C(C)(C)C)cc%11c%10n%10c9c(c5n8c31)B7C1=C%10C%11C3C5=C1N6C1C6B5c5c(cc(C(C)(C)C)cc53)C6=CC2C41. The third-order valence-electron chi connectivity index (χ3n) is 22.6. The van der Waals surface area contributed by atoms with E-state index in [1.165, 1.54) is 65.7 Å². The standard InChI is InChI=1S/C64H54B3N3/c1-61(2,3)23-13-27-29-21-30-28-14-24(62(4,5)6)18-36-40-42-38-20-26(64(10,11)12)16-32-34-22-33-31-15-25(63(7,8)9)19-37-41-39-35(17-23)43(27)65-45(29)58-46(30)66(44(28)36)48(40)60-51-57(42)69(53(32)38)55(34)49-54(33)68(52(31)37)56(41)50(67(49)51)59(47(39)65)70(58)60/h13-22,27,29,40,42-43,45-46,58H,1-12H3. The van der Waals surface area contributed by atoms with Gasteiger partial charge in [-0.2, -0.15) is 0 Å². The highest BCUT2D eigenvalue weighted by molar-refractivity contribution is 7.01. The van der Waals surface area contributed by atoms with Gasteiger partial charge in [0, 0.05) is 67.3 Å². The fourth-order valence-corrected chi connectivity index (χ4v) is 20.3. The number of rotatable bonds is 0. The Labute approximate surface area is 410 Å². The van der Waals surface area contributed by atoms with E-state index in [2.05, 4.69) is 158 Å². The second-order valence-corrected chi connectivity index (χ2v) is 29.4. The van der Waals surface area contributed by atoms with E-state index >= 15 is 0 Å². The van der Waals surface area contributed by atoms with Crippen molar-refractivity contribution in [2.24, 2.45) is 17.3 Å². The van der Waals surface area contributed by atoms with Crippen molar-refractivity contribution in [3.8, 4) is 0 Å². The molecular formula is C64H54B3N3. The number of aromatic nitrogens is 2. The summed E-state index contributed by atoms with van der Waals surface area (Å²) in [5.74, 6) is 3.27. The lowest BCUT2D eigenvalue weighted by Crippen LogP contribution is -2.69. The van der Waals surface area contributed by atoms with Crippen molar-refractivity contribution in [3.05, 3.63) is 122 Å². The van der Waals surface area contributed by atoms with Crippen molar-refractivity contribution in [2.45, 2.75) is 135 Å². The second-order valence-electron chi connectivity index (χ2n) is 29.4. The van der Waals surface area contributed by atoms with Crippen LogP contribution in [-0.4, -0.2) is 35.1 Å². The maximum atomic E-state index is 3.23. The number of anilines is 1. The topological polar surface area (TPSA) is 12.6 Å². The molecule has 6 heteroatoms. The number of hydrogen-bond acceptors (Lipinski definition) is 1. The summed E-state index contributed by atoms with van der Waals surface area (Å²) in [5.41, 5.74) is 39.3. The molecule has 0 radical (unpaired) electrons. The van der Waals surface area contributed by atoms with Crippen LogP contribution in [0.4, 0.5) is 5.69 Å². The van der Waals surface area contributed by atoms with Gasteiger partial charge in [-0.05, 0) is 153 Å². The molecule has 5 aromatic carbocycles. The van der Waals surface area contributed by atoms with Gasteiger partial charge in [0.1, 0.15) is 0 Å². The van der Waals surface area contributed by atoms with Crippen molar-refractivity contribution in [1.82, 2.24) is 8.97 Å². The average Bonchev–Trinajstić information content (AvgIpc) is 4.19. The van der Waals surface area contributed by atoms with Crippen molar-refractivity contribution in [1.29, 1.82) is 0 Å². The predicted octanol–water partition coefficient (Wildman–Crippen LogP) is 12.0. The fraction of sp³-hybridized carbons (Fsp3) is 0.375. The summed E-state index contributed by atoms with van der Waals surface area (Å²) in [4.78, 5) is 3.23. The van der Waals surface area contributed by atoms with Crippen LogP contribution >= 0.6 is 0 Å². The van der Waals surface area contributed by atoms with Gasteiger partial charge in [0.2, 0.25) is 6.71 Å². The maximum Gasteiger partial charge on any atom is 0.257 e. The molecule has 0 spiro atoms. The summed E-state index contributed by atoms with van der Waals surface area (Å²) in [7, 11) is 0. The Hall–Kier alpha value is -5.61. The maximum absolute atomic E-state index is 3.23. The van der Waals surface area contributed by atoms with Gasteiger partial charge in [-0.15, -0.1) is 0 Å². The van der Waals surface area contributed by atoms with Gasteiger partial charge in [0.15, 0.2) is 6.71 Å². The van der Waals surface area contributed by atoms with Crippen molar-refractivity contribution in [3.63, 3.8) is 0 Å². The van der Waals surface area contributed by atoms with Crippen molar-refractivity contribution in [2.75, 3.05) is 4.90 Å². The molecule has 1 saturated heterocycles. The van der Waals surface area contributed by atoms with Gasteiger partial charge < -0.3 is 13.9 Å². The van der Waals surface area contributed by atoms with Crippen molar-refractivity contribution >= 4 is 124 Å². The molecule has 13 aliphatic rings. The van der Waals surface area contributed by atoms with Gasteiger partial charge in [-0.3, -0.25) is 0 Å². The summed E-state index contributed by atoms with van der Waals surface area (Å²) in [6.07, 6.45) is 8.62. The van der Waals surface area contributed by atoms with E-state index in [-0.39, 0.29) is 28.4 Å². The molecular weight excluding hydrogens is 843 g/mol. The average molecular weight is 898 g/mol. The summed E-state index contributed by atoms with van der Waals surface area (Å²) >= 11 is 0. The quantitative estimate of drug-likeness (QED) is 0.138. The third-order valence-corrected chi connectivity index (χ3v) is 22.6. The minimum atomic E-state index is 0.00924. The first-order valence-electron chi connectivity index (χ1n) is 27.4. The zero-order valence-electron chi connectivity index (χ0n) is 42.5. The molecule has 0 N–H and O–H groups in total. The highest BCUT2D eigenvalue weighted by Crippen LogP contribution is 2.76. The van der Waals surface area contributed by atoms with E-state index < -0.39 is 0 Å². The molecule has 8 atom stereocenters. The van der Waals surface area contributed by atoms with Crippen LogP contribution in [-0.2, 0) is 16.2 Å². The van der Waals surface area contributed by atoms with Crippen LogP contribution in [0.5, 0.6) is 0 Å². The second kappa shape index (κ2) is 9.59. The Morgan fingerprint density at radius 2 is 1.23 bits per heavy atom. The Balaban J connectivity index is 1.07. The molecule has 3 nitrogen and oxygen atoms in total. The lowest BCUT2D eigenvalue weighted by molar-refractivity contribution is 0.412. The van der Waals surface area contributed by atoms with Crippen LogP contribution < -0.4 is 26.8 Å². The molecule has 3 aromatic heterocycles. The number of benzene rings is 5. The predicted molar refractivity (Wildman–Crippen MR) is 296 cm³/mol. The first-order valence-corrected chi connectivity index (χ1v) is 27.4. The molecule has 21 rings (SSSR count). The van der Waals surface area contributed by atoms with Crippen molar-refractivity contribution < 1.29 is 0 Å². The summed E-state index contributed by atoms with van der Waals surface area (Å²) < 4.78 is 5.87. The largest absolute Gasteiger partial charge is 0.341 e. The number of allylic oxidation sites excluding steroid dienone is 8. The lowest BCUT2D eigenvalue weighted by Gasteiger charge is -2.61. The first-order chi connectivity index (χ1) is 33.3. The van der Waals surface area contributed by atoms with Gasteiger partial charge in [0.25, 0.3) is 6.71 Å². The highest BCUT2D eigenvalue weighted by Gasteiger charge is 2.75. The molecule has 0 saturated carbocycles. The Kier molecular flexibility index (Phi) is 4.98. The Morgan fingerprint density at radius 3 is 1.99 bits per heavy atom. The van der Waals surface area contributed by atoms with Crippen LogP contribution in [0.15, 0.2) is 82.9 Å². The smallest absolute Gasteiger partial charge is 0.257 e. The summed E-state index contributed by atoms with van der Waals surface area (Å²) in [5, 5.41) is 9.07. The third kappa shape index (κ3) is 3.12. The van der Waals surface area contributed by atoms with Crippen LogP contribution in [0.2, 0.25) is 17.5 Å². The summed E-state index contributed by atoms with van der Waals surface area (Å²) in [6.45, 7) is 30.8. The molecule has 334 valence electrons. The van der Waals surface area contributed by atoms with Crippen LogP contribution in [0.3, 0.4) is 0 Å². The Morgan fingerprint density at radius 1 is 0.543 bits per heavy atom. The monoisotopic (exact) mass is 897 g/mol. The van der Waals surface area contributed by atoms with E-state index in [0.29, 0.717) is 60.6 Å². The number of fused-ring (bicyclic) bond motifs is 10. The normalized spacial score (nSPS) is 29.2. The fourth-order valence-electron chi connectivity index (χ4n) is 20.3. The zero-order valence-corrected chi connectivity index (χ0v) is 42.5. The number of nitrogens with zero attached hydrogens (tertiary/aromatic N) is 3. The molecule has 8 unspecified atom stereocenters. The zero-order chi connectivity index (χ0) is 46.5. The van der Waals surface area contributed by atoms with Gasteiger partial charge >= 0.3 is 0 Å². The van der Waals surface area contributed by atoms with Gasteiger partial charge in [-0.1, -0.05) is 130 Å². The van der Waals surface area contributed by atoms with Gasteiger partial charge in [0.05, 0.1) is 27.6 Å². The number of hydrogen-bond donors (Lipinski definition) is 0. The lowest BCUT2D eigenvalue weighted by atomic mass is 9.21. The molecule has 8 aromatic rings. The van der Waals surface area contributed by atoms with E-state index in [9.17, 15) is 0 Å². The molecule has 0 bridgehead atoms. The van der Waals surface area contributed by atoms with E-state index in [4.69, 9.17) is 0 Å². The molecule has 70 heavy (non-hydrogen) atoms. The van der Waals surface area contributed by atoms with Gasteiger partial charge in [-0.25, -0.2) is 0 Å². The first kappa shape index (κ1) is 36.3. The summed E-state index contributed by atoms with van der Waals surface area (Å²) in [6, 6.07) is 19.4. The minimum absolute atomic E-state index is 0.00924. The molecule has 1 fully saturated rings. The van der Waals surface area contributed by atoms with Crippen LogP contribution in [0.1, 0.15) is 134 Å². The van der Waals surface area contributed by atoms with Crippen LogP contribution in [0.25, 0.3) is 76.7 Å². The molecule has 0 amide bonds. The van der Waals surface area contributed by atoms with Crippen LogP contribution in [0, 0.1) is 17.3 Å². The molecule has 10 aliphatic heterocycles. The molecule has 13 heterocycles. The highest BCUT2D eigenvalue weighted by atomic mass is 15.2. The Bertz CT molecular complexity index is 4470.